The summed E-state index contributed by atoms with van der Waals surface area (Å²) in [5.41, 5.74) is 1.93. The Morgan fingerprint density at radius 1 is 1.18 bits per heavy atom. The molecule has 0 bridgehead atoms. The van der Waals surface area contributed by atoms with Gasteiger partial charge in [-0.15, -0.1) is 10.2 Å². The van der Waals surface area contributed by atoms with Gasteiger partial charge in [-0.05, 0) is 19.1 Å². The molecule has 0 amide bonds. The Morgan fingerprint density at radius 3 is 2.82 bits per heavy atom. The Morgan fingerprint density at radius 2 is 2.00 bits per heavy atom. The molecule has 17 heavy (non-hydrogen) atoms. The molecule has 0 aliphatic heterocycles. The molecular formula is C12H11N5. The number of para-hydroxylation sites is 1. The predicted octanol–water partition coefficient (Wildman–Crippen LogP) is 2.18. The van der Waals surface area contributed by atoms with Gasteiger partial charge in [0.25, 0.3) is 5.78 Å². The maximum atomic E-state index is 4.29. The summed E-state index contributed by atoms with van der Waals surface area (Å²) in [6.45, 7) is 1.94. The average Bonchev–Trinajstić information content (AvgIpc) is 2.78. The van der Waals surface area contributed by atoms with E-state index < -0.39 is 0 Å². The number of aromatic nitrogens is 4. The normalized spacial score (nSPS) is 10.6. The van der Waals surface area contributed by atoms with Gasteiger partial charge in [0.15, 0.2) is 0 Å². The Bertz CT molecular complexity index is 644. The van der Waals surface area contributed by atoms with Crippen LogP contribution < -0.4 is 5.32 Å². The Hall–Kier alpha value is -2.43. The van der Waals surface area contributed by atoms with Gasteiger partial charge in [-0.2, -0.15) is 0 Å². The van der Waals surface area contributed by atoms with Gasteiger partial charge in [0.2, 0.25) is 0 Å². The number of hydrogen-bond acceptors (Lipinski definition) is 4. The zero-order valence-corrected chi connectivity index (χ0v) is 9.33. The summed E-state index contributed by atoms with van der Waals surface area (Å²) in [5.74, 6) is 1.51. The van der Waals surface area contributed by atoms with Crippen molar-refractivity contribution in [1.29, 1.82) is 0 Å². The highest BCUT2D eigenvalue weighted by Crippen LogP contribution is 2.17. The first kappa shape index (κ1) is 9.77. The minimum atomic E-state index is 0.600. The van der Waals surface area contributed by atoms with Crippen LogP contribution in [-0.2, 0) is 0 Å². The van der Waals surface area contributed by atoms with Gasteiger partial charge in [-0.3, -0.25) is 4.40 Å². The number of hydrogen-bond donors (Lipinski definition) is 1. The number of aryl methyl sites for hydroxylation is 1. The molecule has 0 aliphatic carbocycles. The molecule has 1 N–H and O–H groups in total. The van der Waals surface area contributed by atoms with E-state index in [1.165, 1.54) is 0 Å². The van der Waals surface area contributed by atoms with Crippen LogP contribution in [0.15, 0.2) is 42.7 Å². The Kier molecular flexibility index (Phi) is 2.22. The van der Waals surface area contributed by atoms with Gasteiger partial charge in [0.05, 0.1) is 0 Å². The maximum absolute atomic E-state index is 4.29. The van der Waals surface area contributed by atoms with E-state index in [1.54, 1.807) is 6.33 Å². The summed E-state index contributed by atoms with van der Waals surface area (Å²) in [5, 5.41) is 11.1. The molecule has 2 heterocycles. The number of fused-ring (bicyclic) bond motifs is 1. The van der Waals surface area contributed by atoms with Crippen LogP contribution in [0.1, 0.15) is 5.69 Å². The Labute approximate surface area is 98.1 Å². The van der Waals surface area contributed by atoms with Crippen LogP contribution in [-0.4, -0.2) is 19.6 Å². The number of rotatable bonds is 2. The summed E-state index contributed by atoms with van der Waals surface area (Å²) < 4.78 is 1.82. The molecule has 2 aromatic heterocycles. The fourth-order valence-electron chi connectivity index (χ4n) is 1.70. The highest BCUT2D eigenvalue weighted by atomic mass is 15.3. The molecule has 0 fully saturated rings. The van der Waals surface area contributed by atoms with Gasteiger partial charge in [-0.1, -0.05) is 18.2 Å². The molecule has 5 heteroatoms. The van der Waals surface area contributed by atoms with Crippen molar-refractivity contribution in [3.8, 4) is 0 Å². The maximum Gasteiger partial charge on any atom is 0.256 e. The third-order valence-corrected chi connectivity index (χ3v) is 2.46. The SMILES string of the molecule is Cc1cc(Nc2ccccc2)n2cnnc2n1. The van der Waals surface area contributed by atoms with Crippen LogP contribution in [0.25, 0.3) is 5.78 Å². The van der Waals surface area contributed by atoms with Crippen LogP contribution >= 0.6 is 0 Å². The summed E-state index contributed by atoms with van der Waals surface area (Å²) in [6.07, 6.45) is 1.65. The zero-order valence-electron chi connectivity index (χ0n) is 9.33. The van der Waals surface area contributed by atoms with E-state index in [1.807, 2.05) is 47.7 Å². The summed E-state index contributed by atoms with van der Waals surface area (Å²) in [7, 11) is 0. The quantitative estimate of drug-likeness (QED) is 0.726. The first-order chi connectivity index (χ1) is 8.33. The smallest absolute Gasteiger partial charge is 0.256 e. The molecule has 0 saturated carbocycles. The van der Waals surface area contributed by atoms with Crippen molar-refractivity contribution in [2.75, 3.05) is 5.32 Å². The zero-order chi connectivity index (χ0) is 11.7. The fraction of sp³-hybridized carbons (Fsp3) is 0.0833. The first-order valence-corrected chi connectivity index (χ1v) is 5.32. The fourth-order valence-corrected chi connectivity index (χ4v) is 1.70. The molecule has 3 aromatic rings. The lowest BCUT2D eigenvalue weighted by Crippen LogP contribution is -2.00. The molecule has 0 aliphatic rings. The number of nitrogens with zero attached hydrogens (tertiary/aromatic N) is 4. The topological polar surface area (TPSA) is 55.1 Å². The molecule has 1 aromatic carbocycles. The van der Waals surface area contributed by atoms with E-state index in [9.17, 15) is 0 Å². The van der Waals surface area contributed by atoms with Gasteiger partial charge in [0, 0.05) is 17.4 Å². The van der Waals surface area contributed by atoms with Gasteiger partial charge < -0.3 is 5.32 Å². The highest BCUT2D eigenvalue weighted by Gasteiger charge is 2.04. The molecule has 0 atom stereocenters. The number of benzene rings is 1. The molecular weight excluding hydrogens is 214 g/mol. The van der Waals surface area contributed by atoms with E-state index in [0.29, 0.717) is 5.78 Å². The minimum absolute atomic E-state index is 0.600. The lowest BCUT2D eigenvalue weighted by Gasteiger charge is -2.08. The highest BCUT2D eigenvalue weighted by molar-refractivity contribution is 5.58. The van der Waals surface area contributed by atoms with E-state index in [-0.39, 0.29) is 0 Å². The van der Waals surface area contributed by atoms with E-state index in [2.05, 4.69) is 20.5 Å². The molecule has 0 unspecified atom stereocenters. The molecule has 5 nitrogen and oxygen atoms in total. The van der Waals surface area contributed by atoms with Gasteiger partial charge >= 0.3 is 0 Å². The third kappa shape index (κ3) is 1.82. The van der Waals surface area contributed by atoms with E-state index >= 15 is 0 Å². The van der Waals surface area contributed by atoms with Crippen LogP contribution in [0.3, 0.4) is 0 Å². The van der Waals surface area contributed by atoms with Crippen molar-refractivity contribution >= 4 is 17.3 Å². The lowest BCUT2D eigenvalue weighted by molar-refractivity contribution is 1.07. The standard InChI is InChI=1S/C12H11N5/c1-9-7-11(15-10-5-3-2-4-6-10)17-8-13-16-12(17)14-9/h2-8,15H,1H3. The molecule has 84 valence electrons. The van der Waals surface area contributed by atoms with Crippen molar-refractivity contribution in [1.82, 2.24) is 19.6 Å². The summed E-state index contributed by atoms with van der Waals surface area (Å²) >= 11 is 0. The van der Waals surface area contributed by atoms with E-state index in [4.69, 9.17) is 0 Å². The molecule has 0 saturated heterocycles. The predicted molar refractivity (Wildman–Crippen MR) is 65.2 cm³/mol. The van der Waals surface area contributed by atoms with Crippen molar-refractivity contribution in [3.05, 3.63) is 48.4 Å². The monoisotopic (exact) mass is 225 g/mol. The lowest BCUT2D eigenvalue weighted by atomic mass is 10.3. The first-order valence-electron chi connectivity index (χ1n) is 5.32. The minimum Gasteiger partial charge on any atom is -0.341 e. The number of nitrogens with one attached hydrogen (secondary N) is 1. The van der Waals surface area contributed by atoms with Gasteiger partial charge in [-0.25, -0.2) is 4.98 Å². The van der Waals surface area contributed by atoms with Crippen LogP contribution in [0, 0.1) is 6.92 Å². The third-order valence-electron chi connectivity index (χ3n) is 2.46. The Balaban J connectivity index is 2.08. The van der Waals surface area contributed by atoms with Crippen molar-refractivity contribution in [2.24, 2.45) is 0 Å². The average molecular weight is 225 g/mol. The second-order valence-corrected chi connectivity index (χ2v) is 3.77. The second kappa shape index (κ2) is 3.86. The second-order valence-electron chi connectivity index (χ2n) is 3.77. The van der Waals surface area contributed by atoms with Crippen LogP contribution in [0.2, 0.25) is 0 Å². The molecule has 0 radical (unpaired) electrons. The largest absolute Gasteiger partial charge is 0.341 e. The van der Waals surface area contributed by atoms with E-state index in [0.717, 1.165) is 17.2 Å². The molecule has 0 spiro atoms. The van der Waals surface area contributed by atoms with Crippen LogP contribution in [0.5, 0.6) is 0 Å². The van der Waals surface area contributed by atoms with Crippen molar-refractivity contribution in [2.45, 2.75) is 6.92 Å². The summed E-state index contributed by atoms with van der Waals surface area (Å²) in [6, 6.07) is 11.9. The molecule has 3 rings (SSSR count). The van der Waals surface area contributed by atoms with Crippen LogP contribution in [0.4, 0.5) is 11.5 Å². The summed E-state index contributed by atoms with van der Waals surface area (Å²) in [4.78, 5) is 4.29. The van der Waals surface area contributed by atoms with Crippen molar-refractivity contribution in [3.63, 3.8) is 0 Å². The number of anilines is 2. The van der Waals surface area contributed by atoms with Crippen molar-refractivity contribution < 1.29 is 0 Å². The van der Waals surface area contributed by atoms with Gasteiger partial charge in [0.1, 0.15) is 12.1 Å².